The molecule has 1 rings (SSSR count). The first-order valence-electron chi connectivity index (χ1n) is 5.41. The van der Waals surface area contributed by atoms with E-state index in [0.29, 0.717) is 0 Å². The number of amides is 1. The van der Waals surface area contributed by atoms with Crippen molar-refractivity contribution in [3.63, 3.8) is 0 Å². The van der Waals surface area contributed by atoms with Crippen LogP contribution in [0.1, 0.15) is 6.92 Å². The quantitative estimate of drug-likeness (QED) is 0.698. The highest BCUT2D eigenvalue weighted by atomic mass is 32.2. The minimum Gasteiger partial charge on any atom is -0.481 e. The maximum absolute atomic E-state index is 13.4. The molecule has 0 heterocycles. The molecule has 7 nitrogen and oxygen atoms in total. The lowest BCUT2D eigenvalue weighted by Crippen LogP contribution is -2.26. The van der Waals surface area contributed by atoms with E-state index in [4.69, 9.17) is 5.11 Å². The van der Waals surface area contributed by atoms with Crippen LogP contribution in [0.2, 0.25) is 0 Å². The van der Waals surface area contributed by atoms with Gasteiger partial charge < -0.3 is 10.4 Å². The first kappa shape index (κ1) is 15.9. The van der Waals surface area contributed by atoms with Crippen LogP contribution in [-0.4, -0.2) is 31.7 Å². The molecule has 0 saturated heterocycles. The molecule has 0 aliphatic rings. The first-order chi connectivity index (χ1) is 9.10. The molecule has 0 bridgehead atoms. The van der Waals surface area contributed by atoms with E-state index >= 15 is 0 Å². The van der Waals surface area contributed by atoms with Crippen molar-refractivity contribution in [2.24, 2.45) is 5.92 Å². The standard InChI is InChI=1S/C11H13FN2O5S/c1-6(11(16)17)10(15)13-7-3-4-8(12)9(5-7)14-20(2,18)19/h3-6,14H,1-2H3,(H,13,15)(H,16,17). The summed E-state index contributed by atoms with van der Waals surface area (Å²) in [5.41, 5.74) is -0.260. The largest absolute Gasteiger partial charge is 0.481 e. The molecule has 1 aromatic carbocycles. The van der Waals surface area contributed by atoms with Crippen molar-refractivity contribution in [3.05, 3.63) is 24.0 Å². The maximum atomic E-state index is 13.4. The zero-order valence-corrected chi connectivity index (χ0v) is 11.5. The third-order valence-electron chi connectivity index (χ3n) is 2.29. The highest BCUT2D eigenvalue weighted by Gasteiger charge is 2.20. The minimum atomic E-state index is -3.67. The van der Waals surface area contributed by atoms with E-state index in [-0.39, 0.29) is 11.4 Å². The van der Waals surface area contributed by atoms with Crippen molar-refractivity contribution in [3.8, 4) is 0 Å². The van der Waals surface area contributed by atoms with Gasteiger partial charge in [0.25, 0.3) is 0 Å². The number of rotatable bonds is 5. The van der Waals surface area contributed by atoms with Crippen molar-refractivity contribution in [1.29, 1.82) is 0 Å². The number of anilines is 2. The summed E-state index contributed by atoms with van der Waals surface area (Å²) in [7, 11) is -3.67. The summed E-state index contributed by atoms with van der Waals surface area (Å²) in [6.07, 6.45) is 0.851. The van der Waals surface area contributed by atoms with Crippen LogP contribution in [0.25, 0.3) is 0 Å². The number of sulfonamides is 1. The van der Waals surface area contributed by atoms with Crippen LogP contribution in [0.4, 0.5) is 15.8 Å². The highest BCUT2D eigenvalue weighted by molar-refractivity contribution is 7.92. The van der Waals surface area contributed by atoms with E-state index in [0.717, 1.165) is 18.4 Å². The van der Waals surface area contributed by atoms with Crippen molar-refractivity contribution in [2.75, 3.05) is 16.3 Å². The van der Waals surface area contributed by atoms with Crippen LogP contribution >= 0.6 is 0 Å². The van der Waals surface area contributed by atoms with Gasteiger partial charge in [0.05, 0.1) is 11.9 Å². The van der Waals surface area contributed by atoms with E-state index < -0.39 is 33.6 Å². The van der Waals surface area contributed by atoms with Gasteiger partial charge in [-0.25, -0.2) is 12.8 Å². The smallest absolute Gasteiger partial charge is 0.315 e. The molecule has 0 aliphatic carbocycles. The Bertz CT molecular complexity index is 644. The zero-order chi connectivity index (χ0) is 15.5. The number of nitrogens with one attached hydrogen (secondary N) is 2. The van der Waals surface area contributed by atoms with E-state index in [2.05, 4.69) is 5.32 Å². The van der Waals surface area contributed by atoms with Gasteiger partial charge in [-0.05, 0) is 25.1 Å². The third-order valence-corrected chi connectivity index (χ3v) is 2.88. The number of hydrogen-bond donors (Lipinski definition) is 3. The molecule has 0 saturated carbocycles. The first-order valence-corrected chi connectivity index (χ1v) is 7.30. The van der Waals surface area contributed by atoms with Gasteiger partial charge in [0.2, 0.25) is 15.9 Å². The summed E-state index contributed by atoms with van der Waals surface area (Å²) in [4.78, 5) is 22.1. The summed E-state index contributed by atoms with van der Waals surface area (Å²) in [5, 5.41) is 10.9. The Labute approximate surface area is 114 Å². The lowest BCUT2D eigenvalue weighted by molar-refractivity contribution is -0.144. The molecule has 1 aromatic rings. The van der Waals surface area contributed by atoms with E-state index in [1.54, 1.807) is 0 Å². The fourth-order valence-electron chi connectivity index (χ4n) is 1.24. The van der Waals surface area contributed by atoms with Crippen molar-refractivity contribution < 1.29 is 27.5 Å². The summed E-state index contributed by atoms with van der Waals surface area (Å²) in [6, 6.07) is 3.20. The summed E-state index contributed by atoms with van der Waals surface area (Å²) < 4.78 is 37.4. The second kappa shape index (κ2) is 5.87. The monoisotopic (exact) mass is 304 g/mol. The van der Waals surface area contributed by atoms with Crippen LogP contribution in [0.5, 0.6) is 0 Å². The number of halogens is 1. The van der Waals surface area contributed by atoms with Crippen LogP contribution in [0.15, 0.2) is 18.2 Å². The van der Waals surface area contributed by atoms with Gasteiger partial charge >= 0.3 is 5.97 Å². The molecule has 20 heavy (non-hydrogen) atoms. The van der Waals surface area contributed by atoms with E-state index in [9.17, 15) is 22.4 Å². The zero-order valence-electron chi connectivity index (χ0n) is 10.7. The topological polar surface area (TPSA) is 113 Å². The number of carboxylic acids is 1. The Morgan fingerprint density at radius 2 is 1.95 bits per heavy atom. The van der Waals surface area contributed by atoms with Gasteiger partial charge in [-0.1, -0.05) is 0 Å². The SMILES string of the molecule is CC(C(=O)O)C(=O)Nc1ccc(F)c(NS(C)(=O)=O)c1. The number of benzene rings is 1. The molecule has 0 aliphatic heterocycles. The van der Waals surface area contributed by atoms with Crippen LogP contribution < -0.4 is 10.0 Å². The number of carbonyl (C=O) groups is 2. The molecule has 1 amide bonds. The van der Waals surface area contributed by atoms with Crippen LogP contribution in [0.3, 0.4) is 0 Å². The highest BCUT2D eigenvalue weighted by Crippen LogP contribution is 2.21. The Morgan fingerprint density at radius 1 is 1.35 bits per heavy atom. The van der Waals surface area contributed by atoms with Gasteiger partial charge in [0.1, 0.15) is 11.7 Å². The molecule has 0 fully saturated rings. The lowest BCUT2D eigenvalue weighted by atomic mass is 10.1. The number of carbonyl (C=O) groups excluding carboxylic acids is 1. The fraction of sp³-hybridized carbons (Fsp3) is 0.273. The Hall–Kier alpha value is -2.16. The van der Waals surface area contributed by atoms with Gasteiger partial charge in [-0.2, -0.15) is 0 Å². The van der Waals surface area contributed by atoms with Crippen molar-refractivity contribution >= 4 is 33.3 Å². The van der Waals surface area contributed by atoms with E-state index in [1.165, 1.54) is 13.0 Å². The molecule has 0 spiro atoms. The van der Waals surface area contributed by atoms with Gasteiger partial charge in [-0.15, -0.1) is 0 Å². The number of aliphatic carboxylic acids is 1. The second-order valence-corrected chi connectivity index (χ2v) is 5.87. The second-order valence-electron chi connectivity index (χ2n) is 4.12. The predicted molar refractivity (Wildman–Crippen MR) is 70.3 cm³/mol. The van der Waals surface area contributed by atoms with Crippen LogP contribution in [0, 0.1) is 11.7 Å². The summed E-state index contributed by atoms with van der Waals surface area (Å²) in [5.74, 6) is -4.21. The Balaban J connectivity index is 2.96. The van der Waals surface area contributed by atoms with Crippen LogP contribution in [-0.2, 0) is 19.6 Å². The maximum Gasteiger partial charge on any atom is 0.315 e. The molecule has 0 radical (unpaired) electrons. The summed E-state index contributed by atoms with van der Waals surface area (Å²) >= 11 is 0. The van der Waals surface area contributed by atoms with Crippen molar-refractivity contribution in [2.45, 2.75) is 6.92 Å². The molecular formula is C11H13FN2O5S. The Kier molecular flexibility index (Phi) is 4.66. The summed E-state index contributed by atoms with van der Waals surface area (Å²) in [6.45, 7) is 1.19. The van der Waals surface area contributed by atoms with E-state index in [1.807, 2.05) is 4.72 Å². The number of hydrogen-bond acceptors (Lipinski definition) is 4. The van der Waals surface area contributed by atoms with Gasteiger partial charge in [0, 0.05) is 5.69 Å². The molecule has 3 N–H and O–H groups in total. The minimum absolute atomic E-state index is 0.0793. The molecule has 1 atom stereocenters. The molecule has 110 valence electrons. The predicted octanol–water partition coefficient (Wildman–Crippen LogP) is 0.856. The molecular weight excluding hydrogens is 291 g/mol. The average Bonchev–Trinajstić information content (AvgIpc) is 2.30. The normalized spacial score (nSPS) is 12.6. The molecule has 1 unspecified atom stereocenters. The Morgan fingerprint density at radius 3 is 2.45 bits per heavy atom. The fourth-order valence-corrected chi connectivity index (χ4v) is 1.80. The molecule has 9 heteroatoms. The van der Waals surface area contributed by atoms with Gasteiger partial charge in [-0.3, -0.25) is 14.3 Å². The average molecular weight is 304 g/mol. The van der Waals surface area contributed by atoms with Crippen molar-refractivity contribution in [1.82, 2.24) is 0 Å². The number of carboxylic acid groups (broad SMARTS) is 1. The lowest BCUT2D eigenvalue weighted by Gasteiger charge is -2.11. The molecule has 0 aromatic heterocycles. The van der Waals surface area contributed by atoms with Gasteiger partial charge in [0.15, 0.2) is 0 Å². The third kappa shape index (κ3) is 4.50.